The van der Waals surface area contributed by atoms with E-state index in [0.717, 1.165) is 16.8 Å². The highest BCUT2D eigenvalue weighted by Gasteiger charge is 2.43. The quantitative estimate of drug-likeness (QED) is 0.245. The molecule has 0 saturated carbocycles. The van der Waals surface area contributed by atoms with E-state index >= 15 is 0 Å². The molecule has 1 N–H and O–H groups in total. The molecule has 1 saturated heterocycles. The first-order valence-electron chi connectivity index (χ1n) is 14.2. The molecule has 1 fully saturated rings. The molecule has 5 rings (SSSR count). The summed E-state index contributed by atoms with van der Waals surface area (Å²) in [6.45, 7) is 7.61. The van der Waals surface area contributed by atoms with Gasteiger partial charge in [-0.2, -0.15) is 4.31 Å². The van der Waals surface area contributed by atoms with Gasteiger partial charge in [0, 0.05) is 60.1 Å². The summed E-state index contributed by atoms with van der Waals surface area (Å²) in [5, 5.41) is 3.65. The van der Waals surface area contributed by atoms with Crippen molar-refractivity contribution in [3.8, 4) is 11.4 Å². The Kier molecular flexibility index (Phi) is 9.25. The number of sulfonamides is 1. The maximum atomic E-state index is 14.1. The van der Waals surface area contributed by atoms with Gasteiger partial charge in [-0.05, 0) is 58.4 Å². The van der Waals surface area contributed by atoms with E-state index < -0.39 is 21.7 Å². The minimum absolute atomic E-state index is 0.00449. The van der Waals surface area contributed by atoms with E-state index in [1.54, 1.807) is 18.6 Å². The number of imidazole rings is 1. The molecule has 2 aromatic heterocycles. The molecule has 2 aromatic carbocycles. The van der Waals surface area contributed by atoms with Crippen LogP contribution in [0.25, 0.3) is 16.6 Å². The van der Waals surface area contributed by atoms with Gasteiger partial charge in [-0.1, -0.05) is 35.3 Å². The second-order valence-corrected chi connectivity index (χ2v) is 14.4. The zero-order chi connectivity index (χ0) is 31.8. The number of nitrogens with zero attached hydrogens (tertiary/aromatic N) is 4. The number of fused-ring (bicyclic) bond motifs is 1. The van der Waals surface area contributed by atoms with Gasteiger partial charge in [0.05, 0.1) is 28.7 Å². The van der Waals surface area contributed by atoms with Gasteiger partial charge in [0.15, 0.2) is 0 Å². The van der Waals surface area contributed by atoms with Crippen molar-refractivity contribution in [2.24, 2.45) is 0 Å². The van der Waals surface area contributed by atoms with Crippen LogP contribution in [0.15, 0.2) is 60.0 Å². The molecule has 0 unspecified atom stereocenters. The van der Waals surface area contributed by atoms with E-state index in [1.807, 2.05) is 56.7 Å². The van der Waals surface area contributed by atoms with Crippen LogP contribution in [0.4, 0.5) is 0 Å². The van der Waals surface area contributed by atoms with Crippen LogP contribution in [0.5, 0.6) is 5.75 Å². The molecular weight excluding hydrogens is 625 g/mol. The minimum Gasteiger partial charge on any atom is -0.487 e. The molecule has 1 amide bonds. The highest BCUT2D eigenvalue weighted by molar-refractivity contribution is 7.89. The third-order valence-electron chi connectivity index (χ3n) is 7.35. The predicted molar refractivity (Wildman–Crippen MR) is 170 cm³/mol. The standard InChI is InChI=1S/C31H35Cl2N5O5S/c1-19-13-25(37-12-11-35-18-37)22-7-6-8-26(30(22)36-19)42-17-23-24(32)9-10-27(29(23)33)44(40,41)38-16-21(43-31(2,3)4)14-20(38)15-28(39)34-5/h6-13,18,20-21H,14-17H2,1-5H3,(H,34,39)/t20-,21+/m0/s1. The fourth-order valence-electron chi connectivity index (χ4n) is 5.47. The maximum absolute atomic E-state index is 14.1. The lowest BCUT2D eigenvalue weighted by molar-refractivity contribution is -0.121. The summed E-state index contributed by atoms with van der Waals surface area (Å²) in [4.78, 5) is 21.1. The van der Waals surface area contributed by atoms with E-state index in [9.17, 15) is 13.2 Å². The van der Waals surface area contributed by atoms with Crippen molar-refractivity contribution in [2.75, 3.05) is 13.6 Å². The molecule has 0 aliphatic carbocycles. The van der Waals surface area contributed by atoms with Crippen molar-refractivity contribution in [1.82, 2.24) is 24.2 Å². The lowest BCUT2D eigenvalue weighted by Gasteiger charge is -2.25. The first kappa shape index (κ1) is 32.2. The summed E-state index contributed by atoms with van der Waals surface area (Å²) >= 11 is 13.4. The van der Waals surface area contributed by atoms with Crippen LogP contribution < -0.4 is 10.1 Å². The third kappa shape index (κ3) is 6.72. The van der Waals surface area contributed by atoms with Crippen molar-refractivity contribution in [2.45, 2.75) is 69.8 Å². The van der Waals surface area contributed by atoms with Crippen molar-refractivity contribution in [3.63, 3.8) is 0 Å². The molecule has 2 atom stereocenters. The van der Waals surface area contributed by atoms with Crippen LogP contribution in [0, 0.1) is 6.92 Å². The Morgan fingerprint density at radius 1 is 1.18 bits per heavy atom. The Labute approximate surface area is 267 Å². The van der Waals surface area contributed by atoms with Crippen molar-refractivity contribution in [1.29, 1.82) is 0 Å². The zero-order valence-corrected chi connectivity index (χ0v) is 27.5. The summed E-state index contributed by atoms with van der Waals surface area (Å²) in [5.41, 5.74) is 2.14. The molecule has 1 aliphatic rings. The van der Waals surface area contributed by atoms with E-state index in [0.29, 0.717) is 23.3 Å². The highest BCUT2D eigenvalue weighted by atomic mass is 35.5. The number of carbonyl (C=O) groups is 1. The normalized spacial score (nSPS) is 17.7. The Morgan fingerprint density at radius 3 is 2.64 bits per heavy atom. The molecule has 234 valence electrons. The highest BCUT2D eigenvalue weighted by Crippen LogP contribution is 2.38. The van der Waals surface area contributed by atoms with Crippen LogP contribution in [0.1, 0.15) is 44.9 Å². The lowest BCUT2D eigenvalue weighted by Crippen LogP contribution is -2.39. The molecule has 44 heavy (non-hydrogen) atoms. The number of pyridine rings is 1. The number of aromatic nitrogens is 3. The smallest absolute Gasteiger partial charge is 0.244 e. The Hall–Kier alpha value is -3.22. The number of hydrogen-bond acceptors (Lipinski definition) is 7. The SMILES string of the molecule is CNC(=O)C[C@@H]1C[C@@H](OC(C)(C)C)CN1S(=O)(=O)c1ccc(Cl)c(COc2cccc3c(-n4ccnc4)cc(C)nc23)c1Cl. The van der Waals surface area contributed by atoms with E-state index in [-0.39, 0.29) is 46.5 Å². The zero-order valence-electron chi connectivity index (χ0n) is 25.2. The minimum atomic E-state index is -4.15. The monoisotopic (exact) mass is 659 g/mol. The first-order chi connectivity index (χ1) is 20.8. The number of nitrogens with one attached hydrogen (secondary N) is 1. The molecule has 4 aromatic rings. The predicted octanol–water partition coefficient (Wildman–Crippen LogP) is 5.70. The molecule has 0 bridgehead atoms. The van der Waals surface area contributed by atoms with Gasteiger partial charge in [0.1, 0.15) is 22.8 Å². The number of benzene rings is 2. The fourth-order valence-corrected chi connectivity index (χ4v) is 8.00. The summed E-state index contributed by atoms with van der Waals surface area (Å²) in [6.07, 6.45) is 5.25. The van der Waals surface area contributed by atoms with E-state index in [1.165, 1.54) is 23.5 Å². The van der Waals surface area contributed by atoms with E-state index in [4.69, 9.17) is 37.7 Å². The number of hydrogen-bond donors (Lipinski definition) is 1. The number of para-hydroxylation sites is 1. The Balaban J connectivity index is 1.46. The number of ether oxygens (including phenoxy) is 2. The average Bonchev–Trinajstić information content (AvgIpc) is 3.62. The largest absolute Gasteiger partial charge is 0.487 e. The average molecular weight is 661 g/mol. The van der Waals surface area contributed by atoms with Crippen LogP contribution in [0.3, 0.4) is 0 Å². The van der Waals surface area contributed by atoms with Crippen LogP contribution in [0.2, 0.25) is 10.0 Å². The van der Waals surface area contributed by atoms with Gasteiger partial charge >= 0.3 is 0 Å². The van der Waals surface area contributed by atoms with Crippen molar-refractivity contribution < 1.29 is 22.7 Å². The second kappa shape index (κ2) is 12.6. The van der Waals surface area contributed by atoms with Gasteiger partial charge in [-0.25, -0.2) is 18.4 Å². The van der Waals surface area contributed by atoms with Crippen LogP contribution in [-0.4, -0.2) is 64.5 Å². The first-order valence-corrected chi connectivity index (χ1v) is 16.4. The Morgan fingerprint density at radius 2 is 1.95 bits per heavy atom. The van der Waals surface area contributed by atoms with Crippen molar-refractivity contribution in [3.05, 3.63) is 76.4 Å². The van der Waals surface area contributed by atoms with Gasteiger partial charge < -0.3 is 19.4 Å². The number of amides is 1. The molecule has 1 aliphatic heterocycles. The van der Waals surface area contributed by atoms with Crippen LogP contribution in [-0.2, 0) is 26.2 Å². The molecule has 0 radical (unpaired) electrons. The topological polar surface area (TPSA) is 116 Å². The molecular formula is C31H35Cl2N5O5S. The van der Waals surface area contributed by atoms with Crippen LogP contribution >= 0.6 is 23.2 Å². The number of halogens is 2. The summed E-state index contributed by atoms with van der Waals surface area (Å²) < 4.78 is 43.7. The van der Waals surface area contributed by atoms with Gasteiger partial charge in [0.2, 0.25) is 15.9 Å². The number of carbonyl (C=O) groups excluding carboxylic acids is 1. The van der Waals surface area contributed by atoms with Gasteiger partial charge in [-0.3, -0.25) is 4.79 Å². The number of rotatable bonds is 9. The van der Waals surface area contributed by atoms with Gasteiger partial charge in [-0.15, -0.1) is 0 Å². The third-order valence-corrected chi connectivity index (χ3v) is 10.2. The number of aryl methyl sites for hydroxylation is 1. The lowest BCUT2D eigenvalue weighted by atomic mass is 10.1. The molecule has 0 spiro atoms. The summed E-state index contributed by atoms with van der Waals surface area (Å²) in [6, 6.07) is 9.83. The van der Waals surface area contributed by atoms with Gasteiger partial charge in [0.25, 0.3) is 0 Å². The Bertz CT molecular complexity index is 1790. The molecule has 13 heteroatoms. The molecule has 3 heterocycles. The second-order valence-electron chi connectivity index (χ2n) is 11.7. The molecule has 10 nitrogen and oxygen atoms in total. The fraction of sp³-hybridized carbons (Fsp3) is 0.387. The summed E-state index contributed by atoms with van der Waals surface area (Å²) in [7, 11) is -2.63. The van der Waals surface area contributed by atoms with E-state index in [2.05, 4.69) is 10.3 Å². The maximum Gasteiger partial charge on any atom is 0.244 e. The summed E-state index contributed by atoms with van der Waals surface area (Å²) in [5.74, 6) is 0.221. The van der Waals surface area contributed by atoms with Crippen molar-refractivity contribution >= 4 is 50.0 Å².